The van der Waals surface area contributed by atoms with Crippen molar-refractivity contribution in [2.45, 2.75) is 44.1 Å². The van der Waals surface area contributed by atoms with E-state index in [4.69, 9.17) is 4.74 Å². The van der Waals surface area contributed by atoms with Crippen molar-refractivity contribution in [1.82, 2.24) is 0 Å². The Morgan fingerprint density at radius 3 is 2.33 bits per heavy atom. The first kappa shape index (κ1) is 19.3. The van der Waals surface area contributed by atoms with Crippen molar-refractivity contribution in [3.8, 4) is 11.1 Å². The Morgan fingerprint density at radius 1 is 0.967 bits per heavy atom. The molecule has 0 radical (unpaired) electrons. The van der Waals surface area contributed by atoms with Crippen LogP contribution in [-0.2, 0) is 14.3 Å². The molecule has 0 aromatic heterocycles. The second-order valence-electron chi connectivity index (χ2n) is 9.50. The molecule has 0 heterocycles. The Bertz CT molecular complexity index is 956. The van der Waals surface area contributed by atoms with E-state index >= 15 is 0 Å². The fraction of sp³-hybridized carbons (Fsp3) is 0.440. The van der Waals surface area contributed by atoms with Crippen LogP contribution in [0.1, 0.15) is 38.5 Å². The van der Waals surface area contributed by atoms with Gasteiger partial charge in [0.05, 0.1) is 11.0 Å². The van der Waals surface area contributed by atoms with E-state index < -0.39 is 11.0 Å². The first-order valence-corrected chi connectivity index (χ1v) is 10.8. The van der Waals surface area contributed by atoms with Gasteiger partial charge in [-0.1, -0.05) is 48.5 Å². The molecule has 4 bridgehead atoms. The standard InChI is InChI=1S/C25H27NO4/c27-22(26-21-9-5-4-8-20(21)19-6-2-1-3-7-19)15-30-23(28)24-11-17-10-18(12-24)14-25(29,13-17)16-24/h1-9,17-18,29H,10-16H2,(H,26,27)/t17-,18+,24?,25?. The highest BCUT2D eigenvalue weighted by Crippen LogP contribution is 2.61. The van der Waals surface area contributed by atoms with E-state index in [0.29, 0.717) is 23.9 Å². The van der Waals surface area contributed by atoms with Gasteiger partial charge in [-0.3, -0.25) is 9.59 Å². The molecule has 4 atom stereocenters. The SMILES string of the molecule is O=C(COC(=O)C12C[C@@H]3C[C@@H](CC(O)(C3)C1)C2)Nc1ccccc1-c1ccccc1. The molecular formula is C25H27NO4. The number of ether oxygens (including phenoxy) is 1. The van der Waals surface area contributed by atoms with Crippen LogP contribution < -0.4 is 5.32 Å². The van der Waals surface area contributed by atoms with Crippen molar-refractivity contribution >= 4 is 17.6 Å². The summed E-state index contributed by atoms with van der Waals surface area (Å²) in [6, 6.07) is 17.4. The lowest BCUT2D eigenvalue weighted by Gasteiger charge is -2.58. The zero-order chi connectivity index (χ0) is 20.8. The predicted molar refractivity (Wildman–Crippen MR) is 114 cm³/mol. The molecule has 2 aromatic rings. The molecule has 0 saturated heterocycles. The van der Waals surface area contributed by atoms with Crippen LogP contribution in [-0.4, -0.2) is 29.2 Å². The molecule has 4 aliphatic rings. The smallest absolute Gasteiger partial charge is 0.312 e. The van der Waals surface area contributed by atoms with Gasteiger partial charge in [0.15, 0.2) is 6.61 Å². The predicted octanol–water partition coefficient (Wildman–Crippen LogP) is 4.17. The van der Waals surface area contributed by atoms with Crippen molar-refractivity contribution in [2.24, 2.45) is 17.3 Å². The highest BCUT2D eigenvalue weighted by molar-refractivity contribution is 5.97. The number of amides is 1. The molecule has 4 fully saturated rings. The molecule has 2 N–H and O–H groups in total. The van der Waals surface area contributed by atoms with Crippen molar-refractivity contribution in [1.29, 1.82) is 0 Å². The normalized spacial score (nSPS) is 31.4. The molecule has 5 nitrogen and oxygen atoms in total. The number of carbonyl (C=O) groups is 2. The maximum Gasteiger partial charge on any atom is 0.312 e. The molecule has 5 heteroatoms. The maximum absolute atomic E-state index is 13.0. The summed E-state index contributed by atoms with van der Waals surface area (Å²) in [7, 11) is 0. The summed E-state index contributed by atoms with van der Waals surface area (Å²) in [6.45, 7) is -0.308. The number of benzene rings is 2. The zero-order valence-corrected chi connectivity index (χ0v) is 17.0. The summed E-state index contributed by atoms with van der Waals surface area (Å²) in [5.74, 6) is 0.127. The number of hydrogen-bond acceptors (Lipinski definition) is 4. The Labute approximate surface area is 176 Å². The fourth-order valence-corrected chi connectivity index (χ4v) is 6.39. The number of nitrogens with one attached hydrogen (secondary N) is 1. The van der Waals surface area contributed by atoms with E-state index in [1.54, 1.807) is 0 Å². The number of para-hydroxylation sites is 1. The van der Waals surface area contributed by atoms with E-state index in [2.05, 4.69) is 5.32 Å². The summed E-state index contributed by atoms with van der Waals surface area (Å²) in [5, 5.41) is 13.7. The van der Waals surface area contributed by atoms with Gasteiger partial charge in [-0.25, -0.2) is 0 Å². The average Bonchev–Trinajstić information content (AvgIpc) is 2.71. The minimum atomic E-state index is -0.722. The topological polar surface area (TPSA) is 75.6 Å². The van der Waals surface area contributed by atoms with Gasteiger partial charge >= 0.3 is 5.97 Å². The third-order valence-electron chi connectivity index (χ3n) is 7.08. The van der Waals surface area contributed by atoms with Gasteiger partial charge in [0.1, 0.15) is 0 Å². The highest BCUT2D eigenvalue weighted by atomic mass is 16.5. The second-order valence-corrected chi connectivity index (χ2v) is 9.50. The minimum absolute atomic E-state index is 0.308. The number of rotatable bonds is 5. The minimum Gasteiger partial charge on any atom is -0.455 e. The van der Waals surface area contributed by atoms with Crippen LogP contribution in [0.2, 0.25) is 0 Å². The third-order valence-corrected chi connectivity index (χ3v) is 7.08. The van der Waals surface area contributed by atoms with Crippen molar-refractivity contribution in [2.75, 3.05) is 11.9 Å². The molecule has 30 heavy (non-hydrogen) atoms. The highest BCUT2D eigenvalue weighted by Gasteiger charge is 2.60. The van der Waals surface area contributed by atoms with Crippen molar-refractivity contribution < 1.29 is 19.4 Å². The molecule has 1 amide bonds. The Balaban J connectivity index is 1.24. The summed E-state index contributed by atoms with van der Waals surface area (Å²) in [5.41, 5.74) is 1.28. The molecule has 0 spiro atoms. The van der Waals surface area contributed by atoms with Gasteiger partial charge in [0.25, 0.3) is 5.91 Å². The van der Waals surface area contributed by atoms with E-state index in [9.17, 15) is 14.7 Å². The zero-order valence-electron chi connectivity index (χ0n) is 17.0. The van der Waals surface area contributed by atoms with Crippen LogP contribution in [0.25, 0.3) is 11.1 Å². The van der Waals surface area contributed by atoms with Gasteiger partial charge in [-0.2, -0.15) is 0 Å². The molecular weight excluding hydrogens is 378 g/mol. The molecule has 6 rings (SSSR count). The lowest BCUT2D eigenvalue weighted by Crippen LogP contribution is -2.58. The van der Waals surface area contributed by atoms with Gasteiger partial charge in [-0.15, -0.1) is 0 Å². The quantitative estimate of drug-likeness (QED) is 0.732. The van der Waals surface area contributed by atoms with Gasteiger partial charge in [0.2, 0.25) is 0 Å². The first-order valence-electron chi connectivity index (χ1n) is 10.8. The molecule has 2 aromatic carbocycles. The molecule has 0 aliphatic heterocycles. The third kappa shape index (κ3) is 3.52. The Morgan fingerprint density at radius 2 is 1.63 bits per heavy atom. The first-order chi connectivity index (χ1) is 14.4. The molecule has 4 aliphatic carbocycles. The molecule has 4 saturated carbocycles. The Hall–Kier alpha value is -2.66. The van der Waals surface area contributed by atoms with Crippen molar-refractivity contribution in [3.05, 3.63) is 54.6 Å². The number of hydrogen-bond donors (Lipinski definition) is 2. The Kier molecular flexibility index (Phi) is 4.66. The van der Waals surface area contributed by atoms with E-state index in [0.717, 1.165) is 43.2 Å². The van der Waals surface area contributed by atoms with Crippen molar-refractivity contribution in [3.63, 3.8) is 0 Å². The van der Waals surface area contributed by atoms with Gasteiger partial charge < -0.3 is 15.2 Å². The largest absolute Gasteiger partial charge is 0.455 e. The van der Waals surface area contributed by atoms with Crippen LogP contribution in [0.3, 0.4) is 0 Å². The second kappa shape index (κ2) is 7.24. The monoisotopic (exact) mass is 405 g/mol. The summed E-state index contributed by atoms with van der Waals surface area (Å²) < 4.78 is 5.49. The van der Waals surface area contributed by atoms with Gasteiger partial charge in [-0.05, 0) is 62.0 Å². The van der Waals surface area contributed by atoms with E-state index in [-0.39, 0.29) is 18.5 Å². The summed E-state index contributed by atoms with van der Waals surface area (Å²) in [4.78, 5) is 25.5. The van der Waals surface area contributed by atoms with E-state index in [1.807, 2.05) is 54.6 Å². The molecule has 156 valence electrons. The van der Waals surface area contributed by atoms with Crippen LogP contribution in [0, 0.1) is 17.3 Å². The fourth-order valence-electron chi connectivity index (χ4n) is 6.39. The van der Waals surface area contributed by atoms with E-state index in [1.165, 1.54) is 0 Å². The molecule has 2 unspecified atom stereocenters. The summed E-state index contributed by atoms with van der Waals surface area (Å²) >= 11 is 0. The van der Waals surface area contributed by atoms with Crippen LogP contribution in [0.4, 0.5) is 5.69 Å². The lowest BCUT2D eigenvalue weighted by atomic mass is 9.48. The maximum atomic E-state index is 13.0. The average molecular weight is 405 g/mol. The van der Waals surface area contributed by atoms with Gasteiger partial charge in [0, 0.05) is 11.3 Å². The number of carbonyl (C=O) groups excluding carboxylic acids is 2. The van der Waals surface area contributed by atoms with Crippen LogP contribution in [0.5, 0.6) is 0 Å². The number of aliphatic hydroxyl groups is 1. The summed E-state index contributed by atoms with van der Waals surface area (Å²) in [6.07, 6.45) is 4.75. The van der Waals surface area contributed by atoms with Crippen LogP contribution >= 0.6 is 0 Å². The number of esters is 1. The van der Waals surface area contributed by atoms with Crippen LogP contribution in [0.15, 0.2) is 54.6 Å². The number of anilines is 1. The lowest BCUT2D eigenvalue weighted by molar-refractivity contribution is -0.196.